The molecule has 1 aromatic heterocycles. The van der Waals surface area contributed by atoms with E-state index in [2.05, 4.69) is 20.9 Å². The predicted molar refractivity (Wildman–Crippen MR) is 110 cm³/mol. The van der Waals surface area contributed by atoms with Crippen LogP contribution >= 0.6 is 0 Å². The molecule has 8 heteroatoms. The van der Waals surface area contributed by atoms with E-state index in [9.17, 15) is 14.4 Å². The first-order chi connectivity index (χ1) is 14.1. The van der Waals surface area contributed by atoms with E-state index >= 15 is 0 Å². The van der Waals surface area contributed by atoms with E-state index in [1.165, 1.54) is 10.9 Å². The lowest BCUT2D eigenvalue weighted by atomic mass is 10.2. The molecule has 29 heavy (non-hydrogen) atoms. The highest BCUT2D eigenvalue weighted by Gasteiger charge is 2.10. The standard InChI is InChI=1S/C21H21N5O3/c1-15-18(21(29)26(25-15)17-10-6-3-7-11-17)14-23-24-19(27)12-13-22-20(28)16-8-4-2-5-9-16/h2-11,14,25H,12-13H2,1H3,(H,22,28)(H,24,27)/b23-14+. The normalized spacial score (nSPS) is 10.8. The molecular formula is C21H21N5O3. The number of benzene rings is 2. The van der Waals surface area contributed by atoms with Gasteiger partial charge in [0.15, 0.2) is 0 Å². The summed E-state index contributed by atoms with van der Waals surface area (Å²) in [6, 6.07) is 17.9. The zero-order valence-corrected chi connectivity index (χ0v) is 15.9. The van der Waals surface area contributed by atoms with E-state index in [0.717, 1.165) is 0 Å². The fourth-order valence-corrected chi connectivity index (χ4v) is 2.68. The van der Waals surface area contributed by atoms with Crippen LogP contribution in [0.2, 0.25) is 0 Å². The molecule has 0 aliphatic rings. The lowest BCUT2D eigenvalue weighted by Gasteiger charge is -2.04. The van der Waals surface area contributed by atoms with Crippen LogP contribution < -0.4 is 16.3 Å². The smallest absolute Gasteiger partial charge is 0.280 e. The Hall–Kier alpha value is -3.94. The summed E-state index contributed by atoms with van der Waals surface area (Å²) in [5.74, 6) is -0.613. The fraction of sp³-hybridized carbons (Fsp3) is 0.143. The van der Waals surface area contributed by atoms with Crippen LogP contribution in [0.5, 0.6) is 0 Å². The molecule has 0 saturated heterocycles. The molecule has 3 rings (SSSR count). The van der Waals surface area contributed by atoms with Crippen LogP contribution in [0.4, 0.5) is 0 Å². The van der Waals surface area contributed by atoms with Gasteiger partial charge in [0, 0.05) is 24.2 Å². The van der Waals surface area contributed by atoms with Crippen molar-refractivity contribution < 1.29 is 9.59 Å². The Bertz CT molecular complexity index is 1070. The summed E-state index contributed by atoms with van der Waals surface area (Å²) in [5, 5.41) is 9.51. The van der Waals surface area contributed by atoms with Crippen molar-refractivity contribution in [2.75, 3.05) is 6.54 Å². The Morgan fingerprint density at radius 1 is 1.07 bits per heavy atom. The Kier molecular flexibility index (Phi) is 6.36. The molecule has 0 unspecified atom stereocenters. The van der Waals surface area contributed by atoms with Gasteiger partial charge >= 0.3 is 0 Å². The van der Waals surface area contributed by atoms with Crippen molar-refractivity contribution in [3.8, 4) is 5.69 Å². The van der Waals surface area contributed by atoms with Crippen molar-refractivity contribution in [3.63, 3.8) is 0 Å². The number of rotatable bonds is 7. The topological polar surface area (TPSA) is 108 Å². The molecule has 0 saturated carbocycles. The summed E-state index contributed by atoms with van der Waals surface area (Å²) in [6.07, 6.45) is 1.38. The van der Waals surface area contributed by atoms with Gasteiger partial charge in [0.05, 0.1) is 17.5 Å². The van der Waals surface area contributed by atoms with E-state index in [1.54, 1.807) is 31.2 Å². The molecule has 148 valence electrons. The van der Waals surface area contributed by atoms with Crippen molar-refractivity contribution in [1.29, 1.82) is 0 Å². The molecule has 3 aromatic rings. The second-order valence-electron chi connectivity index (χ2n) is 6.29. The number of aromatic amines is 1. The van der Waals surface area contributed by atoms with E-state index in [1.807, 2.05) is 36.4 Å². The maximum Gasteiger partial charge on any atom is 0.280 e. The lowest BCUT2D eigenvalue weighted by molar-refractivity contribution is -0.120. The SMILES string of the molecule is Cc1[nH]n(-c2ccccc2)c(=O)c1/C=N/NC(=O)CCNC(=O)c1ccccc1. The van der Waals surface area contributed by atoms with Crippen LogP contribution in [0.1, 0.15) is 28.0 Å². The minimum Gasteiger partial charge on any atom is -0.352 e. The molecule has 0 spiro atoms. The number of hydrogen-bond donors (Lipinski definition) is 3. The van der Waals surface area contributed by atoms with E-state index in [-0.39, 0.29) is 30.3 Å². The molecule has 2 amide bonds. The highest BCUT2D eigenvalue weighted by Crippen LogP contribution is 2.05. The summed E-state index contributed by atoms with van der Waals surface area (Å²) in [7, 11) is 0. The van der Waals surface area contributed by atoms with Gasteiger partial charge in [-0.1, -0.05) is 36.4 Å². The molecule has 3 N–H and O–H groups in total. The van der Waals surface area contributed by atoms with Crippen molar-refractivity contribution in [2.45, 2.75) is 13.3 Å². The number of amides is 2. The summed E-state index contributed by atoms with van der Waals surface area (Å²) < 4.78 is 1.41. The molecule has 8 nitrogen and oxygen atoms in total. The average Bonchev–Trinajstić information content (AvgIpc) is 3.03. The van der Waals surface area contributed by atoms with Crippen molar-refractivity contribution in [3.05, 3.63) is 87.8 Å². The van der Waals surface area contributed by atoms with Gasteiger partial charge in [-0.05, 0) is 31.2 Å². The van der Waals surface area contributed by atoms with Gasteiger partial charge in [-0.2, -0.15) is 5.10 Å². The number of carbonyl (C=O) groups excluding carboxylic acids is 2. The number of para-hydroxylation sites is 1. The third-order valence-electron chi connectivity index (χ3n) is 4.19. The van der Waals surface area contributed by atoms with Gasteiger partial charge in [-0.15, -0.1) is 0 Å². The number of hydrazone groups is 1. The van der Waals surface area contributed by atoms with Gasteiger partial charge in [0.2, 0.25) is 5.91 Å². The Balaban J connectivity index is 1.52. The highest BCUT2D eigenvalue weighted by molar-refractivity contribution is 5.94. The zero-order chi connectivity index (χ0) is 20.6. The quantitative estimate of drug-likeness (QED) is 0.422. The maximum absolute atomic E-state index is 12.5. The molecule has 1 heterocycles. The maximum atomic E-state index is 12.5. The summed E-state index contributed by atoms with van der Waals surface area (Å²) in [5.41, 5.74) is 4.33. The van der Waals surface area contributed by atoms with Gasteiger partial charge in [0.25, 0.3) is 11.5 Å². The summed E-state index contributed by atoms with van der Waals surface area (Å²) in [4.78, 5) is 36.3. The van der Waals surface area contributed by atoms with Gasteiger partial charge in [-0.25, -0.2) is 10.1 Å². The Labute approximate surface area is 167 Å². The van der Waals surface area contributed by atoms with E-state index in [4.69, 9.17) is 0 Å². The van der Waals surface area contributed by atoms with Crippen LogP contribution in [0.3, 0.4) is 0 Å². The molecule has 2 aromatic carbocycles. The molecular weight excluding hydrogens is 370 g/mol. The second-order valence-corrected chi connectivity index (χ2v) is 6.29. The number of carbonyl (C=O) groups is 2. The van der Waals surface area contributed by atoms with Crippen molar-refractivity contribution >= 4 is 18.0 Å². The second kappa shape index (κ2) is 9.32. The number of H-pyrrole nitrogens is 1. The third kappa shape index (κ3) is 5.07. The molecule has 0 bridgehead atoms. The van der Waals surface area contributed by atoms with Crippen molar-refractivity contribution in [2.24, 2.45) is 5.10 Å². The molecule has 0 atom stereocenters. The van der Waals surface area contributed by atoms with Crippen LogP contribution in [0.15, 0.2) is 70.6 Å². The van der Waals surface area contributed by atoms with Gasteiger partial charge in [-0.3, -0.25) is 19.5 Å². The largest absolute Gasteiger partial charge is 0.352 e. The molecule has 0 fully saturated rings. The number of aromatic nitrogens is 2. The Morgan fingerprint density at radius 2 is 1.72 bits per heavy atom. The average molecular weight is 391 g/mol. The van der Waals surface area contributed by atoms with Gasteiger partial charge < -0.3 is 5.32 Å². The summed E-state index contributed by atoms with van der Waals surface area (Å²) >= 11 is 0. The molecule has 0 radical (unpaired) electrons. The third-order valence-corrected chi connectivity index (χ3v) is 4.19. The molecule has 0 aliphatic carbocycles. The fourth-order valence-electron chi connectivity index (χ4n) is 2.68. The van der Waals surface area contributed by atoms with E-state index < -0.39 is 0 Å². The minimum absolute atomic E-state index is 0.0658. The molecule has 0 aliphatic heterocycles. The van der Waals surface area contributed by atoms with Crippen molar-refractivity contribution in [1.82, 2.24) is 20.5 Å². The minimum atomic E-state index is -0.369. The number of hydrogen-bond acceptors (Lipinski definition) is 4. The summed E-state index contributed by atoms with van der Waals surface area (Å²) in [6.45, 7) is 1.93. The van der Waals surface area contributed by atoms with Gasteiger partial charge in [0.1, 0.15) is 0 Å². The van der Waals surface area contributed by atoms with Crippen LogP contribution in [-0.2, 0) is 4.79 Å². The van der Waals surface area contributed by atoms with E-state index in [0.29, 0.717) is 22.5 Å². The first-order valence-electron chi connectivity index (χ1n) is 9.08. The number of nitrogens with zero attached hydrogens (tertiary/aromatic N) is 2. The predicted octanol–water partition coefficient (Wildman–Crippen LogP) is 1.74. The lowest BCUT2D eigenvalue weighted by Crippen LogP contribution is -2.29. The van der Waals surface area contributed by atoms with Crippen LogP contribution in [0.25, 0.3) is 5.69 Å². The Morgan fingerprint density at radius 3 is 2.41 bits per heavy atom. The highest BCUT2D eigenvalue weighted by atomic mass is 16.2. The first-order valence-corrected chi connectivity index (χ1v) is 9.08. The zero-order valence-electron chi connectivity index (χ0n) is 15.9. The number of nitrogens with one attached hydrogen (secondary N) is 3. The van der Waals surface area contributed by atoms with Crippen LogP contribution in [-0.4, -0.2) is 34.4 Å². The first kappa shape index (κ1) is 19.8. The monoisotopic (exact) mass is 391 g/mol. The number of aryl methyl sites for hydroxylation is 1. The van der Waals surface area contributed by atoms with Crippen LogP contribution in [0, 0.1) is 6.92 Å².